The first kappa shape index (κ1) is 30.2. The van der Waals surface area contributed by atoms with Crippen LogP contribution in [0, 0.1) is 0 Å². The van der Waals surface area contributed by atoms with Gasteiger partial charge in [0.25, 0.3) is 0 Å². The summed E-state index contributed by atoms with van der Waals surface area (Å²) in [5.41, 5.74) is 0.952. The molecule has 0 aliphatic carbocycles. The normalized spacial score (nSPS) is 12.8. The van der Waals surface area contributed by atoms with E-state index in [1.165, 1.54) is 0 Å². The van der Waals surface area contributed by atoms with Gasteiger partial charge >= 0.3 is 6.09 Å². The Hall–Kier alpha value is -3.00. The fourth-order valence-electron chi connectivity index (χ4n) is 3.90. The van der Waals surface area contributed by atoms with Crippen LogP contribution in [-0.4, -0.2) is 46.7 Å². The van der Waals surface area contributed by atoms with Gasteiger partial charge in [0.05, 0.1) is 0 Å². The molecule has 0 saturated carbocycles. The van der Waals surface area contributed by atoms with Gasteiger partial charge < -0.3 is 20.3 Å². The Bertz CT molecular complexity index is 980. The number of alkyl carbamates (subject to hydrolysis) is 1. The summed E-state index contributed by atoms with van der Waals surface area (Å²) in [6, 6.07) is 17.1. The molecule has 2 N–H and O–H groups in total. The van der Waals surface area contributed by atoms with Gasteiger partial charge in [-0.25, -0.2) is 4.79 Å². The van der Waals surface area contributed by atoms with E-state index in [9.17, 15) is 14.4 Å². The number of carbonyl (C=O) groups excluding carboxylic acids is 3. The van der Waals surface area contributed by atoms with Crippen LogP contribution in [0.2, 0.25) is 0 Å². The van der Waals surface area contributed by atoms with Crippen LogP contribution >= 0.6 is 12.6 Å². The van der Waals surface area contributed by atoms with Crippen molar-refractivity contribution in [2.24, 2.45) is 0 Å². The molecule has 0 fully saturated rings. The van der Waals surface area contributed by atoms with Gasteiger partial charge in [-0.2, -0.15) is 12.6 Å². The van der Waals surface area contributed by atoms with Gasteiger partial charge in [-0.15, -0.1) is 0 Å². The van der Waals surface area contributed by atoms with E-state index in [1.807, 2.05) is 60.7 Å². The van der Waals surface area contributed by atoms with Crippen molar-refractivity contribution >= 4 is 30.5 Å². The molecule has 0 aliphatic heterocycles. The Kier molecular flexibility index (Phi) is 12.5. The molecule has 2 rings (SSSR count). The Morgan fingerprint density at radius 2 is 1.57 bits per heavy atom. The highest BCUT2D eigenvalue weighted by Gasteiger charge is 2.35. The number of amides is 3. The average Bonchev–Trinajstić information content (AvgIpc) is 2.87. The molecule has 2 unspecified atom stereocenters. The quantitative estimate of drug-likeness (QED) is 0.244. The third kappa shape index (κ3) is 10.5. The number of benzene rings is 2. The molecule has 37 heavy (non-hydrogen) atoms. The molecule has 0 aromatic heterocycles. The van der Waals surface area contributed by atoms with E-state index in [1.54, 1.807) is 25.7 Å². The van der Waals surface area contributed by atoms with Crippen molar-refractivity contribution in [3.63, 3.8) is 0 Å². The van der Waals surface area contributed by atoms with E-state index < -0.39 is 23.8 Å². The number of rotatable bonds is 13. The van der Waals surface area contributed by atoms with Crippen molar-refractivity contribution in [1.82, 2.24) is 15.5 Å². The molecule has 0 aliphatic rings. The molecule has 0 heterocycles. The summed E-state index contributed by atoms with van der Waals surface area (Å²) in [5, 5.41) is 5.65. The van der Waals surface area contributed by atoms with Gasteiger partial charge in [0.1, 0.15) is 17.7 Å². The van der Waals surface area contributed by atoms with E-state index in [0.717, 1.165) is 31.2 Å². The van der Waals surface area contributed by atoms with E-state index in [4.69, 9.17) is 4.74 Å². The molecule has 7 nitrogen and oxygen atoms in total. The minimum Gasteiger partial charge on any atom is -0.444 e. The second-order valence-electron chi connectivity index (χ2n) is 9.99. The fraction of sp³-hybridized carbons (Fsp3) is 0.483. The fourth-order valence-corrected chi connectivity index (χ4v) is 4.15. The van der Waals surface area contributed by atoms with Gasteiger partial charge in [-0.05, 0) is 38.3 Å². The van der Waals surface area contributed by atoms with Gasteiger partial charge in [-0.1, -0.05) is 86.8 Å². The van der Waals surface area contributed by atoms with Crippen molar-refractivity contribution in [2.45, 2.75) is 77.6 Å². The number of carbonyl (C=O) groups is 3. The predicted octanol–water partition coefficient (Wildman–Crippen LogP) is 5.28. The number of thiol groups is 1. The van der Waals surface area contributed by atoms with Crippen LogP contribution in [0.15, 0.2) is 60.7 Å². The first-order chi connectivity index (χ1) is 17.7. The van der Waals surface area contributed by atoms with Crippen LogP contribution in [0.25, 0.3) is 0 Å². The van der Waals surface area contributed by atoms with Crippen molar-refractivity contribution in [3.8, 4) is 0 Å². The second-order valence-corrected chi connectivity index (χ2v) is 10.4. The maximum Gasteiger partial charge on any atom is 0.408 e. The lowest BCUT2D eigenvalue weighted by Gasteiger charge is -2.34. The van der Waals surface area contributed by atoms with Crippen molar-refractivity contribution in [3.05, 3.63) is 71.8 Å². The molecule has 2 aromatic carbocycles. The first-order valence-corrected chi connectivity index (χ1v) is 13.6. The van der Waals surface area contributed by atoms with Crippen LogP contribution in [0.3, 0.4) is 0 Å². The average molecular weight is 528 g/mol. The zero-order chi connectivity index (χ0) is 27.3. The van der Waals surface area contributed by atoms with Crippen LogP contribution < -0.4 is 10.6 Å². The molecule has 202 valence electrons. The van der Waals surface area contributed by atoms with Gasteiger partial charge in [0, 0.05) is 18.8 Å². The summed E-state index contributed by atoms with van der Waals surface area (Å²) >= 11 is 4.34. The van der Waals surface area contributed by atoms with Crippen LogP contribution in [0.5, 0.6) is 0 Å². The Balaban J connectivity index is 2.35. The standard InChI is InChI=1S/C29H41N3O4S/c1-5-6-7-14-19-32(27(34)24(21-37)31-28(35)36-29(2,3)4)25(23-17-12-9-13-18-23)26(33)30-20-22-15-10-8-11-16-22/h8-13,15-18,24-25,37H,5-7,14,19-21H2,1-4H3,(H,30,33)(H,31,35). The summed E-state index contributed by atoms with van der Waals surface area (Å²) in [6.45, 7) is 8.10. The lowest BCUT2D eigenvalue weighted by Crippen LogP contribution is -2.54. The van der Waals surface area contributed by atoms with Gasteiger partial charge in [0.2, 0.25) is 11.8 Å². The molecule has 0 spiro atoms. The second kappa shape index (κ2) is 15.3. The number of ether oxygens (including phenoxy) is 1. The van der Waals surface area contributed by atoms with E-state index >= 15 is 0 Å². The number of hydrogen-bond acceptors (Lipinski definition) is 5. The van der Waals surface area contributed by atoms with Gasteiger partial charge in [-0.3, -0.25) is 9.59 Å². The molecule has 8 heteroatoms. The minimum atomic E-state index is -0.947. The minimum absolute atomic E-state index is 0.0662. The Morgan fingerprint density at radius 1 is 0.946 bits per heavy atom. The first-order valence-electron chi connectivity index (χ1n) is 12.9. The zero-order valence-corrected chi connectivity index (χ0v) is 23.3. The topological polar surface area (TPSA) is 87.7 Å². The lowest BCUT2D eigenvalue weighted by atomic mass is 10.0. The van der Waals surface area contributed by atoms with Crippen LogP contribution in [0.1, 0.15) is 70.5 Å². The third-order valence-corrected chi connectivity index (χ3v) is 6.06. The van der Waals surface area contributed by atoms with Crippen molar-refractivity contribution in [2.75, 3.05) is 12.3 Å². The number of nitrogens with zero attached hydrogens (tertiary/aromatic N) is 1. The molecule has 3 amide bonds. The molecule has 0 bridgehead atoms. The monoisotopic (exact) mass is 527 g/mol. The summed E-state index contributed by atoms with van der Waals surface area (Å²) in [6.07, 6.45) is 3.05. The summed E-state index contributed by atoms with van der Waals surface area (Å²) in [7, 11) is 0. The van der Waals surface area contributed by atoms with E-state index in [-0.39, 0.29) is 17.6 Å². The zero-order valence-electron chi connectivity index (χ0n) is 22.4. The smallest absolute Gasteiger partial charge is 0.408 e. The predicted molar refractivity (Wildman–Crippen MR) is 150 cm³/mol. The van der Waals surface area contributed by atoms with Crippen LogP contribution in [0.4, 0.5) is 4.79 Å². The largest absolute Gasteiger partial charge is 0.444 e. The van der Waals surface area contributed by atoms with Crippen molar-refractivity contribution in [1.29, 1.82) is 0 Å². The summed E-state index contributed by atoms with van der Waals surface area (Å²) in [5.74, 6) is -0.591. The lowest BCUT2D eigenvalue weighted by molar-refractivity contribution is -0.142. The summed E-state index contributed by atoms with van der Waals surface area (Å²) < 4.78 is 5.36. The number of unbranched alkanes of at least 4 members (excludes halogenated alkanes) is 3. The van der Waals surface area contributed by atoms with Gasteiger partial charge in [0.15, 0.2) is 0 Å². The number of hydrogen-bond donors (Lipinski definition) is 3. The highest BCUT2D eigenvalue weighted by atomic mass is 32.1. The Labute approximate surface area is 226 Å². The van der Waals surface area contributed by atoms with E-state index in [2.05, 4.69) is 30.2 Å². The molecular formula is C29H41N3O4S. The Morgan fingerprint density at radius 3 is 2.14 bits per heavy atom. The highest BCUT2D eigenvalue weighted by molar-refractivity contribution is 7.80. The highest BCUT2D eigenvalue weighted by Crippen LogP contribution is 2.24. The SMILES string of the molecule is CCCCCCN(C(=O)C(CS)NC(=O)OC(C)(C)C)C(C(=O)NCc1ccccc1)c1ccccc1. The molecule has 0 radical (unpaired) electrons. The molecule has 0 saturated heterocycles. The maximum absolute atomic E-state index is 13.9. The van der Waals surface area contributed by atoms with Crippen LogP contribution in [-0.2, 0) is 20.9 Å². The molecule has 2 aromatic rings. The third-order valence-electron chi connectivity index (χ3n) is 5.69. The van der Waals surface area contributed by atoms with E-state index in [0.29, 0.717) is 18.7 Å². The molecular weight excluding hydrogens is 486 g/mol. The van der Waals surface area contributed by atoms with Crippen molar-refractivity contribution < 1.29 is 19.1 Å². The summed E-state index contributed by atoms with van der Waals surface area (Å²) in [4.78, 5) is 41.5. The maximum atomic E-state index is 13.9. The number of nitrogens with one attached hydrogen (secondary N) is 2. The molecule has 2 atom stereocenters.